The number of likely N-dealkylation sites (tertiary alicyclic amines) is 2. The number of alkyl halides is 6. The second-order valence-electron chi connectivity index (χ2n) is 10.7. The molecule has 0 aliphatic carbocycles. The summed E-state index contributed by atoms with van der Waals surface area (Å²) < 4.78 is 83.4. The number of para-hydroxylation sites is 1. The Morgan fingerprint density at radius 3 is 2.24 bits per heavy atom. The van der Waals surface area contributed by atoms with E-state index in [0.717, 1.165) is 5.69 Å². The molecule has 0 radical (unpaired) electrons. The average Bonchev–Trinajstić information content (AvgIpc) is 3.40. The van der Waals surface area contributed by atoms with Gasteiger partial charge >= 0.3 is 18.4 Å². The first-order valence-electron chi connectivity index (χ1n) is 11.7. The maximum absolute atomic E-state index is 13.6. The van der Waals surface area contributed by atoms with Gasteiger partial charge in [0.2, 0.25) is 0 Å². The van der Waals surface area contributed by atoms with Crippen molar-refractivity contribution in [1.29, 1.82) is 0 Å². The van der Waals surface area contributed by atoms with E-state index in [-0.39, 0.29) is 31.6 Å². The SMILES string of the molecule is CC(C)(C)c1cc(CN2CC3CN(C(=O)O)C(C(C(F)(F)F)C(F)(F)F)C3C2)n(-c2ccccc2Cl)n1. The van der Waals surface area contributed by atoms with E-state index in [9.17, 15) is 36.2 Å². The van der Waals surface area contributed by atoms with Crippen LogP contribution in [0.15, 0.2) is 30.3 Å². The number of aromatic nitrogens is 2. The molecule has 1 N–H and O–H groups in total. The number of nitrogens with zero attached hydrogens (tertiary/aromatic N) is 4. The molecular weight excluding hydrogens is 526 g/mol. The second kappa shape index (κ2) is 9.37. The Balaban J connectivity index is 1.66. The van der Waals surface area contributed by atoms with Crippen LogP contribution in [0.4, 0.5) is 31.1 Å². The molecule has 3 atom stereocenters. The fraction of sp³-hybridized carbons (Fsp3) is 0.583. The monoisotopic (exact) mass is 552 g/mol. The summed E-state index contributed by atoms with van der Waals surface area (Å²) in [7, 11) is 0. The fourth-order valence-electron chi connectivity index (χ4n) is 5.47. The van der Waals surface area contributed by atoms with Crippen LogP contribution < -0.4 is 0 Å². The van der Waals surface area contributed by atoms with Crippen molar-refractivity contribution in [1.82, 2.24) is 19.6 Å². The Labute approximate surface area is 214 Å². The lowest BCUT2D eigenvalue weighted by Crippen LogP contribution is -2.54. The van der Waals surface area contributed by atoms with Gasteiger partial charge in [0.05, 0.1) is 28.1 Å². The zero-order valence-electron chi connectivity index (χ0n) is 20.3. The van der Waals surface area contributed by atoms with E-state index in [0.29, 0.717) is 21.3 Å². The van der Waals surface area contributed by atoms with Gasteiger partial charge in [-0.05, 0) is 30.0 Å². The number of carboxylic acid groups (broad SMARTS) is 1. The van der Waals surface area contributed by atoms with Crippen molar-refractivity contribution in [3.8, 4) is 5.69 Å². The summed E-state index contributed by atoms with van der Waals surface area (Å²) in [6.45, 7) is 5.76. The molecular formula is C24H27ClF6N4O2. The number of carbonyl (C=O) groups is 1. The highest BCUT2D eigenvalue weighted by Crippen LogP contribution is 2.50. The summed E-state index contributed by atoms with van der Waals surface area (Å²) in [6.07, 6.45) is -13.1. The molecule has 2 saturated heterocycles. The smallest absolute Gasteiger partial charge is 0.407 e. The molecule has 2 aliphatic heterocycles. The van der Waals surface area contributed by atoms with Crippen molar-refractivity contribution < 1.29 is 36.2 Å². The minimum atomic E-state index is -5.64. The minimum absolute atomic E-state index is 0.111. The number of benzene rings is 1. The number of hydrogen-bond acceptors (Lipinski definition) is 3. The maximum Gasteiger partial charge on any atom is 0.407 e. The Morgan fingerprint density at radius 2 is 1.70 bits per heavy atom. The lowest BCUT2D eigenvalue weighted by Gasteiger charge is -2.35. The molecule has 37 heavy (non-hydrogen) atoms. The molecule has 204 valence electrons. The van der Waals surface area contributed by atoms with Gasteiger partial charge in [0.1, 0.15) is 0 Å². The zero-order valence-corrected chi connectivity index (χ0v) is 21.1. The van der Waals surface area contributed by atoms with Crippen molar-refractivity contribution >= 4 is 17.7 Å². The summed E-state index contributed by atoms with van der Waals surface area (Å²) in [4.78, 5) is 13.7. The van der Waals surface area contributed by atoms with E-state index in [1.165, 1.54) is 0 Å². The number of fused-ring (bicyclic) bond motifs is 1. The number of hydrogen-bond donors (Lipinski definition) is 1. The molecule has 0 saturated carbocycles. The first-order chi connectivity index (χ1) is 17.0. The number of amides is 1. The molecule has 4 rings (SSSR count). The first kappa shape index (κ1) is 27.6. The van der Waals surface area contributed by atoms with Crippen LogP contribution in [0, 0.1) is 17.8 Å². The van der Waals surface area contributed by atoms with Crippen LogP contribution in [-0.2, 0) is 12.0 Å². The first-order valence-corrected chi connectivity index (χ1v) is 12.1. The molecule has 0 bridgehead atoms. The fourth-order valence-corrected chi connectivity index (χ4v) is 5.68. The van der Waals surface area contributed by atoms with Gasteiger partial charge in [0.15, 0.2) is 5.92 Å². The van der Waals surface area contributed by atoms with Crippen LogP contribution in [-0.4, -0.2) is 68.8 Å². The van der Waals surface area contributed by atoms with E-state index >= 15 is 0 Å². The van der Waals surface area contributed by atoms with Gasteiger partial charge in [-0.1, -0.05) is 44.5 Å². The highest BCUT2D eigenvalue weighted by Gasteiger charge is 2.67. The Kier molecular flexibility index (Phi) is 6.98. The summed E-state index contributed by atoms with van der Waals surface area (Å²) >= 11 is 6.39. The van der Waals surface area contributed by atoms with Crippen molar-refractivity contribution in [3.05, 3.63) is 46.7 Å². The molecule has 2 fully saturated rings. The van der Waals surface area contributed by atoms with E-state index in [1.807, 2.05) is 26.8 Å². The Bertz CT molecular complexity index is 1150. The average molecular weight is 553 g/mol. The van der Waals surface area contributed by atoms with E-state index < -0.39 is 42.2 Å². The van der Waals surface area contributed by atoms with Crippen LogP contribution in [0.5, 0.6) is 0 Å². The molecule has 0 spiro atoms. The molecule has 6 nitrogen and oxygen atoms in total. The Morgan fingerprint density at radius 1 is 1.08 bits per heavy atom. The lowest BCUT2D eigenvalue weighted by molar-refractivity contribution is -0.298. The van der Waals surface area contributed by atoms with E-state index in [2.05, 4.69) is 0 Å². The van der Waals surface area contributed by atoms with E-state index in [1.54, 1.807) is 33.8 Å². The van der Waals surface area contributed by atoms with Gasteiger partial charge in [-0.25, -0.2) is 9.48 Å². The van der Waals surface area contributed by atoms with Gasteiger partial charge in [-0.3, -0.25) is 4.90 Å². The highest BCUT2D eigenvalue weighted by molar-refractivity contribution is 6.32. The van der Waals surface area contributed by atoms with Crippen LogP contribution in [0.25, 0.3) is 5.69 Å². The largest absolute Gasteiger partial charge is 0.465 e. The lowest BCUT2D eigenvalue weighted by atomic mass is 9.85. The highest BCUT2D eigenvalue weighted by atomic mass is 35.5. The van der Waals surface area contributed by atoms with Crippen molar-refractivity contribution in [2.45, 2.75) is 51.1 Å². The quantitative estimate of drug-likeness (QED) is 0.475. The second-order valence-corrected chi connectivity index (χ2v) is 11.1. The zero-order chi connectivity index (χ0) is 27.5. The molecule has 13 heteroatoms. The molecule has 2 aliphatic rings. The third-order valence-electron chi connectivity index (χ3n) is 7.11. The molecule has 2 aromatic rings. The molecule has 1 aromatic carbocycles. The standard InChI is InChI=1S/C24H27ClF6N4O2/c1-22(2,3)18-8-14(35(32-18)17-7-5-4-6-16(17)25)11-33-9-13-10-34(21(36)37)19(15(13)12-33)20(23(26,27)28)24(29,30)31/h4-8,13,15,19-20H,9-12H2,1-3H3,(H,36,37). The summed E-state index contributed by atoms with van der Waals surface area (Å²) in [5.74, 6) is -5.54. The van der Waals surface area contributed by atoms with Gasteiger partial charge in [0.25, 0.3) is 0 Å². The predicted molar refractivity (Wildman–Crippen MR) is 124 cm³/mol. The molecule has 1 amide bonds. The topological polar surface area (TPSA) is 61.6 Å². The molecule has 1 aromatic heterocycles. The van der Waals surface area contributed by atoms with Gasteiger partial charge < -0.3 is 10.0 Å². The van der Waals surface area contributed by atoms with Gasteiger partial charge in [-0.2, -0.15) is 31.4 Å². The maximum atomic E-state index is 13.6. The van der Waals surface area contributed by atoms with Crippen LogP contribution >= 0.6 is 11.6 Å². The van der Waals surface area contributed by atoms with Gasteiger partial charge in [0, 0.05) is 31.6 Å². The molecule has 3 heterocycles. The van der Waals surface area contributed by atoms with Gasteiger partial charge in [-0.15, -0.1) is 0 Å². The van der Waals surface area contributed by atoms with Crippen LogP contribution in [0.1, 0.15) is 32.2 Å². The third kappa shape index (κ3) is 5.41. The van der Waals surface area contributed by atoms with Crippen LogP contribution in [0.2, 0.25) is 5.02 Å². The van der Waals surface area contributed by atoms with E-state index in [4.69, 9.17) is 16.7 Å². The predicted octanol–water partition coefficient (Wildman–Crippen LogP) is 5.97. The minimum Gasteiger partial charge on any atom is -0.465 e. The summed E-state index contributed by atoms with van der Waals surface area (Å²) in [5, 5.41) is 14.6. The summed E-state index contributed by atoms with van der Waals surface area (Å²) in [6, 6.07) is 6.61. The number of rotatable bonds is 4. The third-order valence-corrected chi connectivity index (χ3v) is 7.43. The Hall–Kier alpha value is -2.47. The van der Waals surface area contributed by atoms with Crippen molar-refractivity contribution in [3.63, 3.8) is 0 Å². The summed E-state index contributed by atoms with van der Waals surface area (Å²) in [5.41, 5.74) is 1.68. The normalized spacial score (nSPS) is 23.2. The van der Waals surface area contributed by atoms with Crippen molar-refractivity contribution in [2.75, 3.05) is 19.6 Å². The number of halogens is 7. The van der Waals surface area contributed by atoms with Crippen molar-refractivity contribution in [2.24, 2.45) is 17.8 Å². The van der Waals surface area contributed by atoms with Crippen LogP contribution in [0.3, 0.4) is 0 Å². The molecule has 3 unspecified atom stereocenters.